The van der Waals surface area contributed by atoms with Gasteiger partial charge in [-0.05, 0) is 20.3 Å². The lowest BCUT2D eigenvalue weighted by Gasteiger charge is -2.14. The molecule has 0 aliphatic heterocycles. The number of carbonyl (C=O) groups is 1. The quantitative estimate of drug-likeness (QED) is 0.471. The predicted molar refractivity (Wildman–Crippen MR) is 65.0 cm³/mol. The van der Waals surface area contributed by atoms with E-state index in [0.717, 1.165) is 6.20 Å². The first-order chi connectivity index (χ1) is 8.37. The van der Waals surface area contributed by atoms with Crippen molar-refractivity contribution in [2.45, 2.75) is 0 Å². The maximum absolute atomic E-state index is 11.3. The Hall–Kier alpha value is -0.920. The monoisotopic (exact) mass is 282 g/mol. The van der Waals surface area contributed by atoms with Gasteiger partial charge in [-0.15, -0.1) is 0 Å². The van der Waals surface area contributed by atoms with E-state index in [9.17, 15) is 14.3 Å². The van der Waals surface area contributed by atoms with Gasteiger partial charge in [0.1, 0.15) is 6.61 Å². The number of nitrogens with zero attached hydrogens (tertiary/aromatic N) is 1. The van der Waals surface area contributed by atoms with Crippen LogP contribution in [0.2, 0.25) is 0 Å². The van der Waals surface area contributed by atoms with Gasteiger partial charge in [0.2, 0.25) is 0 Å². The van der Waals surface area contributed by atoms with Crippen LogP contribution in [-0.4, -0.2) is 56.3 Å². The Morgan fingerprint density at radius 2 is 2.00 bits per heavy atom. The van der Waals surface area contributed by atoms with Gasteiger partial charge in [0.15, 0.2) is 0 Å². The van der Waals surface area contributed by atoms with Crippen LogP contribution >= 0.6 is 7.82 Å². The van der Waals surface area contributed by atoms with Gasteiger partial charge >= 0.3 is 13.9 Å². The van der Waals surface area contributed by atoms with Gasteiger partial charge in [-0.2, -0.15) is 0 Å². The zero-order valence-corrected chi connectivity index (χ0v) is 11.4. The molecule has 0 fully saturated rings. The second-order valence-electron chi connectivity index (χ2n) is 3.42. The number of ether oxygens (including phenoxy) is 1. The van der Waals surface area contributed by atoms with Crippen molar-refractivity contribution < 1.29 is 28.0 Å². The second kappa shape index (κ2) is 9.07. The van der Waals surface area contributed by atoms with Crippen LogP contribution in [0.15, 0.2) is 12.8 Å². The fraction of sp³-hybridized carbons (Fsp3) is 0.667. The molecule has 8 nitrogen and oxygen atoms in total. The Kier molecular flexibility index (Phi) is 8.61. The number of rotatable bonds is 9. The average molecular weight is 282 g/mol. The third kappa shape index (κ3) is 10.2. The van der Waals surface area contributed by atoms with Gasteiger partial charge in [-0.1, -0.05) is 6.58 Å². The lowest BCUT2D eigenvalue weighted by Crippen LogP contribution is -2.20. The Morgan fingerprint density at radius 3 is 2.56 bits per heavy atom. The van der Waals surface area contributed by atoms with Gasteiger partial charge in [0, 0.05) is 6.54 Å². The largest absolute Gasteiger partial charge is 0.472 e. The van der Waals surface area contributed by atoms with E-state index in [4.69, 9.17) is 0 Å². The highest BCUT2D eigenvalue weighted by Gasteiger charge is 2.20. The summed E-state index contributed by atoms with van der Waals surface area (Å²) in [6.45, 7) is 3.42. The summed E-state index contributed by atoms with van der Waals surface area (Å²) in [4.78, 5) is 21.8. The number of hydrogen-bond donors (Lipinski definition) is 2. The number of hydrogen-bond acceptors (Lipinski definition) is 6. The van der Waals surface area contributed by atoms with Gasteiger partial charge in [-0.25, -0.2) is 9.36 Å². The first-order valence-corrected chi connectivity index (χ1v) is 6.68. The Bertz CT molecular complexity index is 309. The van der Waals surface area contributed by atoms with Crippen molar-refractivity contribution in [3.05, 3.63) is 12.8 Å². The van der Waals surface area contributed by atoms with Crippen LogP contribution in [0.3, 0.4) is 0 Å². The van der Waals surface area contributed by atoms with Crippen molar-refractivity contribution in [1.29, 1.82) is 0 Å². The maximum atomic E-state index is 11.3. The van der Waals surface area contributed by atoms with Crippen LogP contribution in [0.1, 0.15) is 0 Å². The molecule has 0 saturated carbocycles. The van der Waals surface area contributed by atoms with E-state index in [2.05, 4.69) is 25.7 Å². The standard InChI is InChI=1S/C9H19N2O6P/c1-4-10-9(12)15-7-8-17-18(13,14)16-6-5-11(2)3/h4H,1,5-8H2,2-3H3,(H,10,12)(H,13,14). The van der Waals surface area contributed by atoms with Gasteiger partial charge < -0.3 is 14.5 Å². The summed E-state index contributed by atoms with van der Waals surface area (Å²) >= 11 is 0. The summed E-state index contributed by atoms with van der Waals surface area (Å²) in [5, 5.41) is 2.17. The highest BCUT2D eigenvalue weighted by molar-refractivity contribution is 7.47. The van der Waals surface area contributed by atoms with E-state index in [1.807, 2.05) is 0 Å². The molecular formula is C9H19N2O6P. The number of carbonyl (C=O) groups excluding carboxylic acids is 1. The van der Waals surface area contributed by atoms with Gasteiger partial charge in [0.25, 0.3) is 0 Å². The van der Waals surface area contributed by atoms with E-state index in [-0.39, 0.29) is 19.8 Å². The van der Waals surface area contributed by atoms with Crippen molar-refractivity contribution in [2.75, 3.05) is 40.5 Å². The molecule has 9 heteroatoms. The van der Waals surface area contributed by atoms with Crippen LogP contribution in [0, 0.1) is 0 Å². The number of phosphoric ester groups is 1. The van der Waals surface area contributed by atoms with E-state index >= 15 is 0 Å². The van der Waals surface area contributed by atoms with Crippen molar-refractivity contribution >= 4 is 13.9 Å². The predicted octanol–water partition coefficient (Wildman–Crippen LogP) is 0.551. The molecule has 0 aliphatic rings. The lowest BCUT2D eigenvalue weighted by molar-refractivity contribution is 0.0982. The Balaban J connectivity index is 3.67. The third-order valence-electron chi connectivity index (χ3n) is 1.58. The minimum absolute atomic E-state index is 0.0680. The number of alkyl carbamates (subject to hydrolysis) is 1. The molecule has 0 heterocycles. The summed E-state index contributed by atoms with van der Waals surface area (Å²) in [7, 11) is -0.474. The summed E-state index contributed by atoms with van der Waals surface area (Å²) in [5.41, 5.74) is 0. The fourth-order valence-corrected chi connectivity index (χ4v) is 1.48. The Labute approximate surface area is 106 Å². The summed E-state index contributed by atoms with van der Waals surface area (Å²) in [6.07, 6.45) is 0.444. The molecule has 0 bridgehead atoms. The number of nitrogens with one attached hydrogen (secondary N) is 1. The van der Waals surface area contributed by atoms with Crippen LogP contribution in [0.25, 0.3) is 0 Å². The molecular weight excluding hydrogens is 263 g/mol. The molecule has 0 aliphatic carbocycles. The molecule has 0 rings (SSSR count). The van der Waals surface area contributed by atoms with E-state index in [1.165, 1.54) is 0 Å². The van der Waals surface area contributed by atoms with E-state index < -0.39 is 13.9 Å². The minimum atomic E-state index is -4.08. The molecule has 18 heavy (non-hydrogen) atoms. The minimum Gasteiger partial charge on any atom is -0.447 e. The molecule has 1 unspecified atom stereocenters. The zero-order chi connectivity index (χ0) is 14.0. The normalized spacial score (nSPS) is 14.0. The van der Waals surface area contributed by atoms with Crippen molar-refractivity contribution in [1.82, 2.24) is 10.2 Å². The summed E-state index contributed by atoms with van der Waals surface area (Å²) in [5.74, 6) is 0. The molecule has 2 N–H and O–H groups in total. The third-order valence-corrected chi connectivity index (χ3v) is 2.60. The first-order valence-electron chi connectivity index (χ1n) is 5.18. The Morgan fingerprint density at radius 1 is 1.39 bits per heavy atom. The fourth-order valence-electron chi connectivity index (χ4n) is 0.788. The van der Waals surface area contributed by atoms with Crippen molar-refractivity contribution in [3.8, 4) is 0 Å². The highest BCUT2D eigenvalue weighted by atomic mass is 31.2. The molecule has 0 radical (unpaired) electrons. The molecule has 1 amide bonds. The smallest absolute Gasteiger partial charge is 0.447 e. The molecule has 1 atom stereocenters. The molecule has 0 aromatic heterocycles. The lowest BCUT2D eigenvalue weighted by atomic mass is 10.6. The topological polar surface area (TPSA) is 97.3 Å². The molecule has 0 aromatic carbocycles. The van der Waals surface area contributed by atoms with Crippen LogP contribution < -0.4 is 5.32 Å². The maximum Gasteiger partial charge on any atom is 0.472 e. The number of amides is 1. The van der Waals surface area contributed by atoms with Crippen molar-refractivity contribution in [3.63, 3.8) is 0 Å². The number of phosphoric acid groups is 1. The molecule has 0 aromatic rings. The van der Waals surface area contributed by atoms with E-state index in [1.54, 1.807) is 19.0 Å². The molecule has 106 valence electrons. The van der Waals surface area contributed by atoms with Crippen LogP contribution in [0.4, 0.5) is 4.79 Å². The summed E-state index contributed by atoms with van der Waals surface area (Å²) in [6, 6.07) is 0. The zero-order valence-electron chi connectivity index (χ0n) is 10.5. The molecule has 0 saturated heterocycles. The van der Waals surface area contributed by atoms with Crippen LogP contribution in [-0.2, 0) is 18.3 Å². The first kappa shape index (κ1) is 17.1. The van der Waals surface area contributed by atoms with Crippen molar-refractivity contribution in [2.24, 2.45) is 0 Å². The molecule has 0 spiro atoms. The van der Waals surface area contributed by atoms with E-state index in [0.29, 0.717) is 6.54 Å². The SMILES string of the molecule is C=CNC(=O)OCCOP(=O)(O)OCCN(C)C. The highest BCUT2D eigenvalue weighted by Crippen LogP contribution is 2.42. The summed E-state index contributed by atoms with van der Waals surface area (Å²) < 4.78 is 25.1. The van der Waals surface area contributed by atoms with Crippen LogP contribution in [0.5, 0.6) is 0 Å². The second-order valence-corrected chi connectivity index (χ2v) is 4.88. The van der Waals surface area contributed by atoms with Gasteiger partial charge in [-0.3, -0.25) is 14.4 Å². The van der Waals surface area contributed by atoms with Gasteiger partial charge in [0.05, 0.1) is 13.2 Å². The average Bonchev–Trinajstić information content (AvgIpc) is 2.24. The number of likely N-dealkylation sites (N-methyl/N-ethyl adjacent to an activating group) is 1.